The maximum atomic E-state index is 11.4. The van der Waals surface area contributed by atoms with Gasteiger partial charge in [-0.2, -0.15) is 5.01 Å². The summed E-state index contributed by atoms with van der Waals surface area (Å²) in [5.74, 6) is -0.739. The number of imide groups is 1. The highest BCUT2D eigenvalue weighted by atomic mass is 16.2. The maximum Gasteiger partial charge on any atom is 0.272 e. The highest BCUT2D eigenvalue weighted by Gasteiger charge is 2.22. The van der Waals surface area contributed by atoms with Crippen molar-refractivity contribution in [2.45, 2.75) is 0 Å². The molecule has 0 unspecified atom stereocenters. The molecule has 1 aliphatic heterocycles. The third-order valence-corrected chi connectivity index (χ3v) is 2.27. The van der Waals surface area contributed by atoms with Gasteiger partial charge in [-0.1, -0.05) is 42.5 Å². The van der Waals surface area contributed by atoms with Crippen molar-refractivity contribution in [1.82, 2.24) is 5.01 Å². The van der Waals surface area contributed by atoms with Crippen LogP contribution in [0.5, 0.6) is 0 Å². The van der Waals surface area contributed by atoms with E-state index >= 15 is 0 Å². The standard InChI is InChI=1S/C14H12N2O2/c17-13-10-11-14(18)16(13)15-12-8-6-4-2-1-3-5-7-9-12/h1-11,15H. The van der Waals surface area contributed by atoms with Gasteiger partial charge >= 0.3 is 0 Å². The van der Waals surface area contributed by atoms with E-state index in [0.717, 1.165) is 5.01 Å². The highest BCUT2D eigenvalue weighted by Crippen LogP contribution is 2.09. The first-order valence-electron chi connectivity index (χ1n) is 5.48. The summed E-state index contributed by atoms with van der Waals surface area (Å²) in [5, 5.41) is 0.968. The summed E-state index contributed by atoms with van der Waals surface area (Å²) < 4.78 is 0. The predicted octanol–water partition coefficient (Wildman–Crippen LogP) is 2.06. The first-order valence-corrected chi connectivity index (χ1v) is 5.48. The molecular formula is C14H12N2O2. The molecule has 0 spiro atoms. The second kappa shape index (κ2) is 5.63. The molecule has 0 saturated heterocycles. The van der Waals surface area contributed by atoms with E-state index in [9.17, 15) is 9.59 Å². The largest absolute Gasteiger partial charge is 0.288 e. The second-order valence-corrected chi connectivity index (χ2v) is 3.59. The topological polar surface area (TPSA) is 49.4 Å². The summed E-state index contributed by atoms with van der Waals surface area (Å²) in [6.07, 6.45) is 2.47. The molecule has 18 heavy (non-hydrogen) atoms. The van der Waals surface area contributed by atoms with Gasteiger partial charge in [0.1, 0.15) is 0 Å². The lowest BCUT2D eigenvalue weighted by molar-refractivity contribution is -0.135. The minimum absolute atomic E-state index is 0.370. The molecule has 0 atom stereocenters. The summed E-state index contributed by atoms with van der Waals surface area (Å²) in [4.78, 5) is 22.8. The summed E-state index contributed by atoms with van der Waals surface area (Å²) in [6, 6.07) is 16.6. The van der Waals surface area contributed by atoms with Crippen molar-refractivity contribution in [2.75, 3.05) is 5.43 Å². The molecule has 1 aromatic carbocycles. The van der Waals surface area contributed by atoms with Crippen LogP contribution in [0.4, 0.5) is 5.69 Å². The van der Waals surface area contributed by atoms with Crippen LogP contribution in [0.15, 0.2) is 66.7 Å². The number of amides is 2. The fourth-order valence-corrected chi connectivity index (χ4v) is 1.41. The van der Waals surface area contributed by atoms with Crippen LogP contribution in [0, 0.1) is 0 Å². The molecule has 2 rings (SSSR count). The quantitative estimate of drug-likeness (QED) is 0.805. The van der Waals surface area contributed by atoms with Gasteiger partial charge in [0.25, 0.3) is 11.8 Å². The summed E-state index contributed by atoms with van der Waals surface area (Å²) in [5.41, 5.74) is 3.42. The van der Waals surface area contributed by atoms with Gasteiger partial charge in [0.2, 0.25) is 0 Å². The Hall–Kier alpha value is -2.62. The molecular weight excluding hydrogens is 228 g/mol. The summed E-state index contributed by atoms with van der Waals surface area (Å²) >= 11 is 0. The summed E-state index contributed by atoms with van der Waals surface area (Å²) in [6.45, 7) is 0. The van der Waals surface area contributed by atoms with Gasteiger partial charge in [-0.3, -0.25) is 15.0 Å². The highest BCUT2D eigenvalue weighted by molar-refractivity contribution is 6.13. The number of carbonyl (C=O) groups excluding carboxylic acids is 2. The van der Waals surface area contributed by atoms with E-state index in [2.05, 4.69) is 5.43 Å². The van der Waals surface area contributed by atoms with E-state index in [1.165, 1.54) is 12.2 Å². The number of anilines is 1. The zero-order valence-corrected chi connectivity index (χ0v) is 9.61. The fraction of sp³-hybridized carbons (Fsp3) is 0. The third kappa shape index (κ3) is 2.95. The normalized spacial score (nSPS) is 13.4. The van der Waals surface area contributed by atoms with Gasteiger partial charge in [0, 0.05) is 12.2 Å². The molecule has 0 aliphatic carbocycles. The van der Waals surface area contributed by atoms with Crippen LogP contribution in [-0.2, 0) is 9.59 Å². The molecule has 0 fully saturated rings. The third-order valence-electron chi connectivity index (χ3n) is 2.27. The van der Waals surface area contributed by atoms with Crippen molar-refractivity contribution >= 4 is 17.5 Å². The molecule has 1 aliphatic rings. The van der Waals surface area contributed by atoms with Gasteiger partial charge in [-0.25, -0.2) is 0 Å². The van der Waals surface area contributed by atoms with Crippen LogP contribution in [0.3, 0.4) is 0 Å². The minimum atomic E-state index is -0.370. The molecule has 4 nitrogen and oxygen atoms in total. The van der Waals surface area contributed by atoms with E-state index in [4.69, 9.17) is 0 Å². The lowest BCUT2D eigenvalue weighted by Crippen LogP contribution is -2.35. The van der Waals surface area contributed by atoms with E-state index < -0.39 is 0 Å². The lowest BCUT2D eigenvalue weighted by atomic mass is 10.3. The first kappa shape index (κ1) is 11.9. The smallest absolute Gasteiger partial charge is 0.272 e. The molecule has 0 saturated carbocycles. The van der Waals surface area contributed by atoms with Crippen LogP contribution in [-0.4, -0.2) is 16.8 Å². The number of rotatable bonds is 2. The van der Waals surface area contributed by atoms with E-state index in [0.29, 0.717) is 5.69 Å². The van der Waals surface area contributed by atoms with Gasteiger partial charge in [-0.15, -0.1) is 0 Å². The molecule has 1 N–H and O–H groups in total. The Bertz CT molecular complexity index is 508. The lowest BCUT2D eigenvalue weighted by Gasteiger charge is -2.15. The first-order chi connectivity index (χ1) is 8.77. The summed E-state index contributed by atoms with van der Waals surface area (Å²) in [7, 11) is 0. The minimum Gasteiger partial charge on any atom is -0.288 e. The maximum absolute atomic E-state index is 11.4. The van der Waals surface area contributed by atoms with Crippen LogP contribution in [0.1, 0.15) is 0 Å². The average molecular weight is 240 g/mol. The zero-order valence-electron chi connectivity index (χ0n) is 9.61. The molecule has 0 bridgehead atoms. The number of hydrazine groups is 1. The number of carbonyl (C=O) groups is 2. The van der Waals surface area contributed by atoms with Crippen molar-refractivity contribution in [3.05, 3.63) is 66.7 Å². The molecule has 90 valence electrons. The van der Waals surface area contributed by atoms with Gasteiger partial charge in [0.15, 0.2) is 0 Å². The van der Waals surface area contributed by atoms with Crippen molar-refractivity contribution in [3.63, 3.8) is 0 Å². The van der Waals surface area contributed by atoms with Crippen molar-refractivity contribution in [3.8, 4) is 0 Å². The molecule has 1 heterocycles. The number of hydrogen-bond acceptors (Lipinski definition) is 3. The van der Waals surface area contributed by atoms with Crippen LogP contribution >= 0.6 is 0 Å². The van der Waals surface area contributed by atoms with Gasteiger partial charge < -0.3 is 0 Å². The fourth-order valence-electron chi connectivity index (χ4n) is 1.41. The number of nitrogens with one attached hydrogen (secondary N) is 1. The number of nitrogens with zero attached hydrogens (tertiary/aromatic N) is 1. The molecule has 4 heteroatoms. The van der Waals surface area contributed by atoms with Crippen LogP contribution < -0.4 is 5.43 Å². The SMILES string of the molecule is O=C1C=CC(=O)N1Nc1ccccccccc1. The van der Waals surface area contributed by atoms with Gasteiger partial charge in [-0.05, 0) is 12.1 Å². The van der Waals surface area contributed by atoms with Crippen molar-refractivity contribution in [2.24, 2.45) is 0 Å². The Morgan fingerprint density at radius 1 is 0.722 bits per heavy atom. The Labute approximate surface area is 105 Å². The zero-order chi connectivity index (χ0) is 12.8. The van der Waals surface area contributed by atoms with E-state index in [1.807, 2.05) is 42.5 Å². The second-order valence-electron chi connectivity index (χ2n) is 3.59. The van der Waals surface area contributed by atoms with Crippen LogP contribution in [0.2, 0.25) is 0 Å². The Balaban J connectivity index is 2.24. The molecule has 0 aromatic heterocycles. The molecule has 2 amide bonds. The van der Waals surface area contributed by atoms with Crippen molar-refractivity contribution in [1.29, 1.82) is 0 Å². The Kier molecular flexibility index (Phi) is 3.71. The monoisotopic (exact) mass is 240 g/mol. The van der Waals surface area contributed by atoms with E-state index in [1.54, 1.807) is 12.1 Å². The van der Waals surface area contributed by atoms with E-state index in [-0.39, 0.29) is 11.8 Å². The number of hydrogen-bond donors (Lipinski definition) is 1. The van der Waals surface area contributed by atoms with Gasteiger partial charge in [0.05, 0.1) is 5.69 Å². The Morgan fingerprint density at radius 3 is 1.67 bits per heavy atom. The molecule has 0 radical (unpaired) electrons. The predicted molar refractivity (Wildman–Crippen MR) is 68.7 cm³/mol. The Morgan fingerprint density at radius 2 is 1.17 bits per heavy atom. The van der Waals surface area contributed by atoms with Crippen LogP contribution in [0.25, 0.3) is 0 Å². The average Bonchev–Trinajstić information content (AvgIpc) is 2.69. The van der Waals surface area contributed by atoms with Crippen molar-refractivity contribution < 1.29 is 9.59 Å². The molecule has 1 aromatic rings.